The van der Waals surface area contributed by atoms with Gasteiger partial charge in [-0.25, -0.2) is 9.67 Å². The van der Waals surface area contributed by atoms with Crippen LogP contribution in [-0.2, 0) is 13.1 Å². The number of aromatic nitrogens is 4. The van der Waals surface area contributed by atoms with Crippen LogP contribution in [0.25, 0.3) is 0 Å². The van der Waals surface area contributed by atoms with Crippen LogP contribution in [0.2, 0.25) is 0 Å². The van der Waals surface area contributed by atoms with Crippen molar-refractivity contribution in [1.82, 2.24) is 24.6 Å². The summed E-state index contributed by atoms with van der Waals surface area (Å²) in [6.45, 7) is 7.05. The maximum Gasteiger partial charge on any atom is 0.147 e. The fourth-order valence-corrected chi connectivity index (χ4v) is 2.97. The molecule has 0 aliphatic carbocycles. The number of rotatable bonds is 4. The number of hydrogen-bond acceptors (Lipinski definition) is 4. The van der Waals surface area contributed by atoms with E-state index < -0.39 is 0 Å². The first-order valence-electron chi connectivity index (χ1n) is 7.23. The van der Waals surface area contributed by atoms with Crippen molar-refractivity contribution in [2.45, 2.75) is 45.8 Å². The number of nitrogens with zero attached hydrogens (tertiary/aromatic N) is 5. The molecule has 1 fully saturated rings. The summed E-state index contributed by atoms with van der Waals surface area (Å²) < 4.78 is 2.04. The van der Waals surface area contributed by atoms with E-state index in [4.69, 9.17) is 0 Å². The summed E-state index contributed by atoms with van der Waals surface area (Å²) in [5.41, 5.74) is 1.28. The van der Waals surface area contributed by atoms with Gasteiger partial charge in [0.2, 0.25) is 0 Å². The summed E-state index contributed by atoms with van der Waals surface area (Å²) in [7, 11) is 0. The lowest BCUT2D eigenvalue weighted by Crippen LogP contribution is -2.33. The van der Waals surface area contributed by atoms with Crippen LogP contribution in [0.5, 0.6) is 0 Å². The standard InChI is InChI=1S/C15H21N5/c1-12-17-13(2)20(18-12)11-15-6-4-8-19(15)10-14-5-3-7-16-9-14/h3,5,7,9,15H,4,6,8,10-11H2,1-2H3. The summed E-state index contributed by atoms with van der Waals surface area (Å²) in [5.74, 6) is 1.87. The molecule has 3 rings (SSSR count). The molecule has 0 spiro atoms. The van der Waals surface area contributed by atoms with Crippen LogP contribution in [0.15, 0.2) is 24.5 Å². The molecule has 1 saturated heterocycles. The molecule has 2 aromatic heterocycles. The fraction of sp³-hybridized carbons (Fsp3) is 0.533. The van der Waals surface area contributed by atoms with Gasteiger partial charge < -0.3 is 0 Å². The van der Waals surface area contributed by atoms with E-state index in [9.17, 15) is 0 Å². The van der Waals surface area contributed by atoms with Gasteiger partial charge in [-0.3, -0.25) is 9.88 Å². The van der Waals surface area contributed by atoms with E-state index in [1.165, 1.54) is 18.4 Å². The average molecular weight is 271 g/mol. The Bertz CT molecular complexity index is 563. The minimum Gasteiger partial charge on any atom is -0.294 e. The van der Waals surface area contributed by atoms with Crippen LogP contribution >= 0.6 is 0 Å². The first-order valence-corrected chi connectivity index (χ1v) is 7.23. The molecule has 0 N–H and O–H groups in total. The predicted octanol–water partition coefficient (Wildman–Crippen LogP) is 1.95. The van der Waals surface area contributed by atoms with Crippen molar-refractivity contribution in [3.63, 3.8) is 0 Å². The number of hydrogen-bond donors (Lipinski definition) is 0. The largest absolute Gasteiger partial charge is 0.294 e. The van der Waals surface area contributed by atoms with Gasteiger partial charge >= 0.3 is 0 Å². The highest BCUT2D eigenvalue weighted by atomic mass is 15.4. The van der Waals surface area contributed by atoms with Crippen molar-refractivity contribution in [2.24, 2.45) is 0 Å². The molecule has 1 atom stereocenters. The van der Waals surface area contributed by atoms with E-state index in [1.54, 1.807) is 0 Å². The van der Waals surface area contributed by atoms with Gasteiger partial charge in [0.25, 0.3) is 0 Å². The fourth-order valence-electron chi connectivity index (χ4n) is 2.97. The zero-order valence-corrected chi connectivity index (χ0v) is 12.2. The van der Waals surface area contributed by atoms with Crippen LogP contribution in [0, 0.1) is 13.8 Å². The third-order valence-corrected chi connectivity index (χ3v) is 3.95. The van der Waals surface area contributed by atoms with Crippen molar-refractivity contribution >= 4 is 0 Å². The maximum absolute atomic E-state index is 4.48. The van der Waals surface area contributed by atoms with Gasteiger partial charge in [-0.2, -0.15) is 5.10 Å². The van der Waals surface area contributed by atoms with E-state index in [-0.39, 0.29) is 0 Å². The highest BCUT2D eigenvalue weighted by Gasteiger charge is 2.25. The smallest absolute Gasteiger partial charge is 0.147 e. The molecule has 1 aliphatic heterocycles. The highest BCUT2D eigenvalue weighted by molar-refractivity contribution is 5.08. The van der Waals surface area contributed by atoms with Crippen molar-refractivity contribution in [3.8, 4) is 0 Å². The zero-order chi connectivity index (χ0) is 13.9. The normalized spacial score (nSPS) is 19.6. The Balaban J connectivity index is 1.68. The van der Waals surface area contributed by atoms with E-state index in [0.29, 0.717) is 6.04 Å². The van der Waals surface area contributed by atoms with E-state index in [2.05, 4.69) is 26.0 Å². The van der Waals surface area contributed by atoms with Crippen molar-refractivity contribution in [1.29, 1.82) is 0 Å². The molecule has 20 heavy (non-hydrogen) atoms. The lowest BCUT2D eigenvalue weighted by atomic mass is 10.2. The summed E-state index contributed by atoms with van der Waals surface area (Å²) in [6, 6.07) is 4.70. The maximum atomic E-state index is 4.48. The lowest BCUT2D eigenvalue weighted by Gasteiger charge is -2.24. The van der Waals surface area contributed by atoms with Gasteiger partial charge in [0, 0.05) is 25.0 Å². The van der Waals surface area contributed by atoms with Gasteiger partial charge in [-0.05, 0) is 44.9 Å². The average Bonchev–Trinajstić information content (AvgIpc) is 2.99. The monoisotopic (exact) mass is 271 g/mol. The molecule has 3 heterocycles. The molecule has 5 nitrogen and oxygen atoms in total. The molecule has 1 unspecified atom stereocenters. The first-order chi connectivity index (χ1) is 9.72. The van der Waals surface area contributed by atoms with Crippen molar-refractivity contribution in [2.75, 3.05) is 6.54 Å². The van der Waals surface area contributed by atoms with Crippen LogP contribution in [-0.4, -0.2) is 37.2 Å². The topological polar surface area (TPSA) is 46.8 Å². The molecule has 0 aromatic carbocycles. The minimum atomic E-state index is 0.551. The van der Waals surface area contributed by atoms with Gasteiger partial charge in [0.15, 0.2) is 0 Å². The SMILES string of the molecule is Cc1nc(C)n(CC2CCCN2Cc2cccnc2)n1. The van der Waals surface area contributed by atoms with Gasteiger partial charge in [0.05, 0.1) is 6.54 Å². The molecule has 0 radical (unpaired) electrons. The Hall–Kier alpha value is -1.75. The van der Waals surface area contributed by atoms with Crippen molar-refractivity contribution < 1.29 is 0 Å². The van der Waals surface area contributed by atoms with Gasteiger partial charge in [0.1, 0.15) is 11.6 Å². The summed E-state index contributed by atoms with van der Waals surface area (Å²) >= 11 is 0. The molecule has 2 aromatic rings. The summed E-state index contributed by atoms with van der Waals surface area (Å²) in [5, 5.41) is 4.48. The Labute approximate surface area is 119 Å². The molecule has 0 saturated carbocycles. The molecule has 106 valence electrons. The summed E-state index contributed by atoms with van der Waals surface area (Å²) in [4.78, 5) is 11.1. The lowest BCUT2D eigenvalue weighted by molar-refractivity contribution is 0.217. The number of likely N-dealkylation sites (tertiary alicyclic amines) is 1. The number of aryl methyl sites for hydroxylation is 2. The second-order valence-corrected chi connectivity index (χ2v) is 5.52. The van der Waals surface area contributed by atoms with Gasteiger partial charge in [-0.15, -0.1) is 0 Å². The summed E-state index contributed by atoms with van der Waals surface area (Å²) in [6.07, 6.45) is 6.28. The van der Waals surface area contributed by atoms with Gasteiger partial charge in [-0.1, -0.05) is 6.07 Å². The van der Waals surface area contributed by atoms with E-state index >= 15 is 0 Å². The Morgan fingerprint density at radius 2 is 2.25 bits per heavy atom. The van der Waals surface area contributed by atoms with Crippen LogP contribution in [0.4, 0.5) is 0 Å². The molecular formula is C15H21N5. The van der Waals surface area contributed by atoms with Crippen LogP contribution in [0.1, 0.15) is 30.1 Å². The minimum absolute atomic E-state index is 0.551. The van der Waals surface area contributed by atoms with Crippen LogP contribution < -0.4 is 0 Å². The molecule has 0 bridgehead atoms. The zero-order valence-electron chi connectivity index (χ0n) is 12.2. The molecule has 5 heteroatoms. The molecule has 0 amide bonds. The third-order valence-electron chi connectivity index (χ3n) is 3.95. The third kappa shape index (κ3) is 2.88. The second kappa shape index (κ2) is 5.71. The Kier molecular flexibility index (Phi) is 3.78. The Morgan fingerprint density at radius 1 is 1.35 bits per heavy atom. The second-order valence-electron chi connectivity index (χ2n) is 5.52. The Morgan fingerprint density at radius 3 is 2.95 bits per heavy atom. The molecular weight excluding hydrogens is 250 g/mol. The predicted molar refractivity (Wildman–Crippen MR) is 77.2 cm³/mol. The van der Waals surface area contributed by atoms with E-state index in [1.807, 2.05) is 37.0 Å². The van der Waals surface area contributed by atoms with E-state index in [0.717, 1.165) is 31.3 Å². The molecule has 1 aliphatic rings. The number of pyridine rings is 1. The highest BCUT2D eigenvalue weighted by Crippen LogP contribution is 2.21. The van der Waals surface area contributed by atoms with Crippen LogP contribution in [0.3, 0.4) is 0 Å². The van der Waals surface area contributed by atoms with Crippen molar-refractivity contribution in [3.05, 3.63) is 41.7 Å². The quantitative estimate of drug-likeness (QED) is 0.853. The first kappa shape index (κ1) is 13.2.